The Morgan fingerprint density at radius 3 is 2.41 bits per heavy atom. The topological polar surface area (TPSA) is 64.3 Å². The summed E-state index contributed by atoms with van der Waals surface area (Å²) in [4.78, 5) is 11.7. The molecule has 3 N–H and O–H groups in total. The van der Waals surface area contributed by atoms with E-state index in [4.69, 9.17) is 10.5 Å². The summed E-state index contributed by atoms with van der Waals surface area (Å²) in [6, 6.07) is 6.71. The van der Waals surface area contributed by atoms with Crippen molar-refractivity contribution in [3.8, 4) is 5.75 Å². The number of benzene rings is 1. The van der Waals surface area contributed by atoms with Crippen molar-refractivity contribution < 1.29 is 9.53 Å². The molecule has 1 atom stereocenters. The molecule has 0 fully saturated rings. The fourth-order valence-corrected chi connectivity index (χ4v) is 1.52. The summed E-state index contributed by atoms with van der Waals surface area (Å²) in [5.41, 5.74) is 6.52. The molecule has 0 spiro atoms. The van der Waals surface area contributed by atoms with E-state index in [-0.39, 0.29) is 5.91 Å². The van der Waals surface area contributed by atoms with Crippen LogP contribution < -0.4 is 15.8 Å². The summed E-state index contributed by atoms with van der Waals surface area (Å²) < 4.78 is 5.04. The van der Waals surface area contributed by atoms with Crippen LogP contribution in [0.1, 0.15) is 20.3 Å². The highest BCUT2D eigenvalue weighted by Crippen LogP contribution is 2.15. The van der Waals surface area contributed by atoms with E-state index in [2.05, 4.69) is 5.32 Å². The molecule has 1 aromatic carbocycles. The smallest absolute Gasteiger partial charge is 0.241 e. The molecular formula is C13H20N2O2. The van der Waals surface area contributed by atoms with Gasteiger partial charge in [0.1, 0.15) is 5.75 Å². The van der Waals surface area contributed by atoms with Gasteiger partial charge in [-0.2, -0.15) is 0 Å². The number of carbonyl (C=O) groups is 1. The van der Waals surface area contributed by atoms with Crippen molar-refractivity contribution in [2.24, 2.45) is 11.7 Å². The Labute approximate surface area is 102 Å². The van der Waals surface area contributed by atoms with Crippen LogP contribution in [0, 0.1) is 5.92 Å². The highest BCUT2D eigenvalue weighted by atomic mass is 16.5. The number of hydrogen-bond acceptors (Lipinski definition) is 3. The van der Waals surface area contributed by atoms with E-state index in [1.165, 1.54) is 0 Å². The lowest BCUT2D eigenvalue weighted by atomic mass is 10.0. The predicted molar refractivity (Wildman–Crippen MR) is 69.1 cm³/mol. The Hall–Kier alpha value is -1.55. The van der Waals surface area contributed by atoms with E-state index in [9.17, 15) is 4.79 Å². The molecule has 4 nitrogen and oxygen atoms in total. The maximum atomic E-state index is 11.7. The zero-order valence-corrected chi connectivity index (χ0v) is 10.6. The standard InChI is InChI=1S/C13H20N2O2/c1-9(2)8-12(14)13(16)15-10-4-6-11(17-3)7-5-10/h4-7,9,12H,8,14H2,1-3H3,(H,15,16)/t12-/m0/s1. The van der Waals surface area contributed by atoms with Gasteiger partial charge in [0.15, 0.2) is 0 Å². The van der Waals surface area contributed by atoms with Crippen LogP contribution in [-0.2, 0) is 4.79 Å². The van der Waals surface area contributed by atoms with Gasteiger partial charge in [-0.15, -0.1) is 0 Å². The molecule has 0 aliphatic rings. The molecule has 94 valence electrons. The lowest BCUT2D eigenvalue weighted by Gasteiger charge is -2.14. The second-order valence-corrected chi connectivity index (χ2v) is 4.45. The minimum absolute atomic E-state index is 0.149. The first kappa shape index (κ1) is 13.5. The number of hydrogen-bond donors (Lipinski definition) is 2. The number of ether oxygens (including phenoxy) is 1. The Balaban J connectivity index is 2.55. The monoisotopic (exact) mass is 236 g/mol. The number of nitrogens with one attached hydrogen (secondary N) is 1. The van der Waals surface area contributed by atoms with Crippen molar-refractivity contribution in [2.75, 3.05) is 12.4 Å². The fraction of sp³-hybridized carbons (Fsp3) is 0.462. The molecule has 0 unspecified atom stereocenters. The number of amides is 1. The molecule has 0 aliphatic carbocycles. The maximum Gasteiger partial charge on any atom is 0.241 e. The second kappa shape index (κ2) is 6.25. The van der Waals surface area contributed by atoms with Gasteiger partial charge in [0.05, 0.1) is 13.2 Å². The zero-order valence-electron chi connectivity index (χ0n) is 10.6. The Morgan fingerprint density at radius 1 is 1.35 bits per heavy atom. The molecule has 4 heteroatoms. The van der Waals surface area contributed by atoms with Crippen molar-refractivity contribution in [1.82, 2.24) is 0 Å². The number of carbonyl (C=O) groups excluding carboxylic acids is 1. The van der Waals surface area contributed by atoms with Gasteiger partial charge in [-0.25, -0.2) is 0 Å². The van der Waals surface area contributed by atoms with Gasteiger partial charge in [0.25, 0.3) is 0 Å². The van der Waals surface area contributed by atoms with Crippen molar-refractivity contribution in [2.45, 2.75) is 26.3 Å². The molecule has 0 bridgehead atoms. The van der Waals surface area contributed by atoms with Gasteiger partial charge in [-0.05, 0) is 36.6 Å². The first-order valence-corrected chi connectivity index (χ1v) is 5.73. The Kier molecular flexibility index (Phi) is 4.97. The summed E-state index contributed by atoms with van der Waals surface area (Å²) in [5.74, 6) is 1.02. The van der Waals surface area contributed by atoms with Gasteiger partial charge >= 0.3 is 0 Å². The van der Waals surface area contributed by atoms with Crippen molar-refractivity contribution in [3.63, 3.8) is 0 Å². The second-order valence-electron chi connectivity index (χ2n) is 4.45. The van der Waals surface area contributed by atoms with E-state index in [0.717, 1.165) is 11.4 Å². The average molecular weight is 236 g/mol. The largest absolute Gasteiger partial charge is 0.497 e. The predicted octanol–water partition coefficient (Wildman–Crippen LogP) is 2.01. The van der Waals surface area contributed by atoms with Crippen molar-refractivity contribution >= 4 is 11.6 Å². The third-order valence-electron chi connectivity index (χ3n) is 2.42. The SMILES string of the molecule is COc1ccc(NC(=O)[C@@H](N)CC(C)C)cc1. The van der Waals surface area contributed by atoms with Gasteiger partial charge < -0.3 is 15.8 Å². The molecule has 17 heavy (non-hydrogen) atoms. The molecule has 1 aromatic rings. The van der Waals surface area contributed by atoms with E-state index in [1.54, 1.807) is 31.4 Å². The number of nitrogens with two attached hydrogens (primary N) is 1. The average Bonchev–Trinajstić information content (AvgIpc) is 2.29. The Bertz CT molecular complexity index is 360. The minimum Gasteiger partial charge on any atom is -0.497 e. The highest BCUT2D eigenvalue weighted by Gasteiger charge is 2.14. The van der Waals surface area contributed by atoms with Crippen LogP contribution in [0.15, 0.2) is 24.3 Å². The zero-order chi connectivity index (χ0) is 12.8. The molecule has 1 amide bonds. The molecule has 0 aromatic heterocycles. The van der Waals surface area contributed by atoms with Crippen LogP contribution in [-0.4, -0.2) is 19.1 Å². The van der Waals surface area contributed by atoms with E-state index in [1.807, 2.05) is 13.8 Å². The first-order chi connectivity index (χ1) is 8.02. The summed E-state index contributed by atoms with van der Waals surface area (Å²) in [6.07, 6.45) is 0.683. The third-order valence-corrected chi connectivity index (χ3v) is 2.42. The summed E-state index contributed by atoms with van der Waals surface area (Å²) in [5, 5.41) is 2.78. The lowest BCUT2D eigenvalue weighted by molar-refractivity contribution is -0.117. The van der Waals surface area contributed by atoms with E-state index < -0.39 is 6.04 Å². The lowest BCUT2D eigenvalue weighted by Crippen LogP contribution is -2.36. The number of anilines is 1. The first-order valence-electron chi connectivity index (χ1n) is 5.73. The number of rotatable bonds is 5. The van der Waals surface area contributed by atoms with Crippen LogP contribution in [0.4, 0.5) is 5.69 Å². The third kappa shape index (κ3) is 4.44. The van der Waals surface area contributed by atoms with Crippen LogP contribution in [0.25, 0.3) is 0 Å². The van der Waals surface area contributed by atoms with Gasteiger partial charge in [0, 0.05) is 5.69 Å². The summed E-state index contributed by atoms with van der Waals surface area (Å²) in [6.45, 7) is 4.08. The quantitative estimate of drug-likeness (QED) is 0.822. The van der Waals surface area contributed by atoms with Crippen LogP contribution in [0.2, 0.25) is 0 Å². The molecule has 0 heterocycles. The summed E-state index contributed by atoms with van der Waals surface area (Å²) in [7, 11) is 1.60. The molecule has 0 aliphatic heterocycles. The normalized spacial score (nSPS) is 12.3. The van der Waals surface area contributed by atoms with Crippen LogP contribution >= 0.6 is 0 Å². The minimum atomic E-state index is -0.461. The molecule has 0 saturated carbocycles. The molecule has 1 rings (SSSR count). The van der Waals surface area contributed by atoms with Crippen molar-refractivity contribution in [1.29, 1.82) is 0 Å². The molecule has 0 radical (unpaired) electrons. The maximum absolute atomic E-state index is 11.7. The van der Waals surface area contributed by atoms with Gasteiger partial charge in [-0.3, -0.25) is 4.79 Å². The Morgan fingerprint density at radius 2 is 1.94 bits per heavy atom. The number of methoxy groups -OCH3 is 1. The highest BCUT2D eigenvalue weighted by molar-refractivity contribution is 5.94. The van der Waals surface area contributed by atoms with Crippen LogP contribution in [0.3, 0.4) is 0 Å². The fourth-order valence-electron chi connectivity index (χ4n) is 1.52. The van der Waals surface area contributed by atoms with E-state index >= 15 is 0 Å². The molecular weight excluding hydrogens is 216 g/mol. The van der Waals surface area contributed by atoms with Gasteiger partial charge in [-0.1, -0.05) is 13.8 Å². The van der Waals surface area contributed by atoms with Crippen molar-refractivity contribution in [3.05, 3.63) is 24.3 Å². The molecule has 0 saturated heterocycles. The van der Waals surface area contributed by atoms with E-state index in [0.29, 0.717) is 12.3 Å². The van der Waals surface area contributed by atoms with Gasteiger partial charge in [0.2, 0.25) is 5.91 Å². The van der Waals surface area contributed by atoms with Crippen LogP contribution in [0.5, 0.6) is 5.75 Å². The summed E-state index contributed by atoms with van der Waals surface area (Å²) >= 11 is 0.